The fourth-order valence-corrected chi connectivity index (χ4v) is 3.49. The predicted molar refractivity (Wildman–Crippen MR) is 57.5 cm³/mol. The third kappa shape index (κ3) is 3.51. The maximum absolute atomic E-state index is 11.1. The monoisotopic (exact) mass is 204 g/mol. The number of sulfone groups is 1. The lowest BCUT2D eigenvalue weighted by Gasteiger charge is -2.04. The van der Waals surface area contributed by atoms with Crippen LogP contribution in [0.5, 0.6) is 0 Å². The van der Waals surface area contributed by atoms with E-state index in [9.17, 15) is 8.42 Å². The molecule has 0 aliphatic carbocycles. The molecular weight excluding hydrogens is 184 g/mol. The average Bonchev–Trinajstić information content (AvgIpc) is 2.29. The van der Waals surface area contributed by atoms with Gasteiger partial charge in [0.15, 0.2) is 9.84 Å². The minimum absolute atomic E-state index is 0.278. The van der Waals surface area contributed by atoms with Crippen LogP contribution in [-0.2, 0) is 9.84 Å². The summed E-state index contributed by atoms with van der Waals surface area (Å²) in [6.07, 6.45) is 0. The van der Waals surface area contributed by atoms with Crippen molar-refractivity contribution in [3.63, 3.8) is 0 Å². The summed E-state index contributed by atoms with van der Waals surface area (Å²) in [6.45, 7) is 10.00. The van der Waals surface area contributed by atoms with Crippen LogP contribution in [0.2, 0.25) is 0 Å². The van der Waals surface area contributed by atoms with Gasteiger partial charge < -0.3 is 0 Å². The summed E-state index contributed by atoms with van der Waals surface area (Å²) in [5.41, 5.74) is 2.17. The minimum atomic E-state index is -2.76. The van der Waals surface area contributed by atoms with Gasteiger partial charge in [-0.05, 0) is 12.8 Å². The second kappa shape index (κ2) is 4.80. The molecule has 1 aliphatic heterocycles. The van der Waals surface area contributed by atoms with Gasteiger partial charge in [0.25, 0.3) is 0 Å². The predicted octanol–water partition coefficient (Wildman–Crippen LogP) is 2.41. The van der Waals surface area contributed by atoms with E-state index in [0.717, 1.165) is 11.1 Å². The largest absolute Gasteiger partial charge is 0.228 e. The molecule has 0 fully saturated rings. The van der Waals surface area contributed by atoms with Gasteiger partial charge in [0.2, 0.25) is 0 Å². The SMILES string of the molecule is CC.CC1=C(C(C)C)CS(=O)(=O)C1. The molecular formula is C10H20O2S. The van der Waals surface area contributed by atoms with Crippen LogP contribution >= 0.6 is 0 Å². The number of hydrogen-bond donors (Lipinski definition) is 0. The zero-order valence-electron chi connectivity index (χ0n) is 9.22. The molecule has 0 saturated carbocycles. The molecule has 78 valence electrons. The fraction of sp³-hybridized carbons (Fsp3) is 0.800. The maximum Gasteiger partial charge on any atom is 0.157 e. The van der Waals surface area contributed by atoms with Crippen molar-refractivity contribution in [3.05, 3.63) is 11.1 Å². The first kappa shape index (κ1) is 12.7. The zero-order valence-corrected chi connectivity index (χ0v) is 10.0. The van der Waals surface area contributed by atoms with Crippen LogP contribution in [0.15, 0.2) is 11.1 Å². The lowest BCUT2D eigenvalue weighted by atomic mass is 10.0. The summed E-state index contributed by atoms with van der Waals surface area (Å²) in [5, 5.41) is 0. The maximum atomic E-state index is 11.1. The molecule has 1 rings (SSSR count). The average molecular weight is 204 g/mol. The summed E-state index contributed by atoms with van der Waals surface area (Å²) < 4.78 is 22.2. The molecule has 0 aromatic carbocycles. The number of rotatable bonds is 1. The molecule has 0 unspecified atom stereocenters. The minimum Gasteiger partial charge on any atom is -0.228 e. The highest BCUT2D eigenvalue weighted by Gasteiger charge is 2.25. The Kier molecular flexibility index (Phi) is 4.68. The molecule has 3 heteroatoms. The molecule has 0 spiro atoms. The molecule has 0 amide bonds. The third-order valence-corrected chi connectivity index (χ3v) is 3.68. The third-order valence-electron chi connectivity index (χ3n) is 2.06. The van der Waals surface area contributed by atoms with Crippen molar-refractivity contribution in [1.82, 2.24) is 0 Å². The van der Waals surface area contributed by atoms with Crippen LogP contribution in [0.25, 0.3) is 0 Å². The van der Waals surface area contributed by atoms with Crippen molar-refractivity contribution < 1.29 is 8.42 Å². The Bertz CT molecular complexity index is 284. The Morgan fingerprint density at radius 1 is 1.15 bits per heavy atom. The van der Waals surface area contributed by atoms with E-state index >= 15 is 0 Å². The molecule has 0 atom stereocenters. The van der Waals surface area contributed by atoms with Gasteiger partial charge in [-0.15, -0.1) is 0 Å². The zero-order chi connectivity index (χ0) is 10.6. The van der Waals surface area contributed by atoms with Crippen LogP contribution in [-0.4, -0.2) is 19.9 Å². The van der Waals surface area contributed by atoms with Gasteiger partial charge in [0.1, 0.15) is 0 Å². The molecule has 0 saturated heterocycles. The van der Waals surface area contributed by atoms with Gasteiger partial charge in [0, 0.05) is 0 Å². The lowest BCUT2D eigenvalue weighted by molar-refractivity contribution is 0.601. The Hall–Kier alpha value is -0.310. The Morgan fingerprint density at radius 2 is 1.62 bits per heavy atom. The molecule has 0 aromatic rings. The highest BCUT2D eigenvalue weighted by molar-refractivity contribution is 7.92. The van der Waals surface area contributed by atoms with Crippen molar-refractivity contribution in [2.75, 3.05) is 11.5 Å². The molecule has 0 radical (unpaired) electrons. The molecule has 1 aliphatic rings. The summed E-state index contributed by atoms with van der Waals surface area (Å²) in [5.74, 6) is 0.948. The summed E-state index contributed by atoms with van der Waals surface area (Å²) in [6, 6.07) is 0. The highest BCUT2D eigenvalue weighted by atomic mass is 32.2. The van der Waals surface area contributed by atoms with Crippen LogP contribution < -0.4 is 0 Å². The Morgan fingerprint density at radius 3 is 1.77 bits per heavy atom. The van der Waals surface area contributed by atoms with E-state index in [4.69, 9.17) is 0 Å². The van der Waals surface area contributed by atoms with Crippen molar-refractivity contribution in [2.45, 2.75) is 34.6 Å². The molecule has 0 aromatic heterocycles. The topological polar surface area (TPSA) is 34.1 Å². The first-order chi connectivity index (χ1) is 5.92. The standard InChI is InChI=1S/C8H14O2S.C2H6/c1-6(2)8-5-11(9,10)4-7(8)3;1-2/h6H,4-5H2,1-3H3;1-2H3. The van der Waals surface area contributed by atoms with Crippen molar-refractivity contribution in [1.29, 1.82) is 0 Å². The second-order valence-corrected chi connectivity index (χ2v) is 5.56. The Labute approximate surface area is 82.0 Å². The fourth-order valence-electron chi connectivity index (χ4n) is 1.49. The summed E-state index contributed by atoms with van der Waals surface area (Å²) in [4.78, 5) is 0. The van der Waals surface area contributed by atoms with Crippen LogP contribution in [0.1, 0.15) is 34.6 Å². The van der Waals surface area contributed by atoms with Gasteiger partial charge in [-0.2, -0.15) is 0 Å². The smallest absolute Gasteiger partial charge is 0.157 e. The lowest BCUT2D eigenvalue weighted by Crippen LogP contribution is -2.05. The van der Waals surface area contributed by atoms with Gasteiger partial charge in [-0.3, -0.25) is 0 Å². The van der Waals surface area contributed by atoms with Crippen molar-refractivity contribution >= 4 is 9.84 Å². The van der Waals surface area contributed by atoms with Crippen LogP contribution in [0.3, 0.4) is 0 Å². The molecule has 1 heterocycles. The van der Waals surface area contributed by atoms with Gasteiger partial charge >= 0.3 is 0 Å². The van der Waals surface area contributed by atoms with E-state index in [-0.39, 0.29) is 11.5 Å². The first-order valence-corrected chi connectivity index (χ1v) is 6.63. The van der Waals surface area contributed by atoms with Crippen LogP contribution in [0.4, 0.5) is 0 Å². The molecule has 0 N–H and O–H groups in total. The molecule has 13 heavy (non-hydrogen) atoms. The van der Waals surface area contributed by atoms with Gasteiger partial charge in [-0.1, -0.05) is 38.8 Å². The van der Waals surface area contributed by atoms with E-state index in [1.807, 2.05) is 34.6 Å². The molecule has 2 nitrogen and oxygen atoms in total. The van der Waals surface area contributed by atoms with E-state index < -0.39 is 9.84 Å². The second-order valence-electron chi connectivity index (χ2n) is 3.49. The van der Waals surface area contributed by atoms with Crippen molar-refractivity contribution in [3.8, 4) is 0 Å². The summed E-state index contributed by atoms with van der Waals surface area (Å²) >= 11 is 0. The normalized spacial score (nSPS) is 20.2. The van der Waals surface area contributed by atoms with E-state index in [2.05, 4.69) is 0 Å². The van der Waals surface area contributed by atoms with Gasteiger partial charge in [0.05, 0.1) is 11.5 Å². The Balaban J connectivity index is 0.000000671. The van der Waals surface area contributed by atoms with Crippen molar-refractivity contribution in [2.24, 2.45) is 5.92 Å². The summed E-state index contributed by atoms with van der Waals surface area (Å²) in [7, 11) is -2.76. The highest BCUT2D eigenvalue weighted by Crippen LogP contribution is 2.24. The van der Waals surface area contributed by atoms with E-state index in [0.29, 0.717) is 5.92 Å². The quantitative estimate of drug-likeness (QED) is 0.615. The van der Waals surface area contributed by atoms with E-state index in [1.54, 1.807) is 0 Å². The van der Waals surface area contributed by atoms with Crippen LogP contribution in [0, 0.1) is 5.92 Å². The molecule has 0 bridgehead atoms. The number of hydrogen-bond acceptors (Lipinski definition) is 2. The van der Waals surface area contributed by atoms with E-state index in [1.165, 1.54) is 0 Å². The van der Waals surface area contributed by atoms with Gasteiger partial charge in [-0.25, -0.2) is 8.42 Å². The first-order valence-electron chi connectivity index (χ1n) is 4.81.